The predicted molar refractivity (Wildman–Crippen MR) is 40.9 cm³/mol. The molecule has 0 aromatic carbocycles. The van der Waals surface area contributed by atoms with E-state index >= 15 is 0 Å². The van der Waals surface area contributed by atoms with Gasteiger partial charge in [0.1, 0.15) is 0 Å². The van der Waals surface area contributed by atoms with E-state index in [-0.39, 0.29) is 12.1 Å². The molecule has 0 bridgehead atoms. The smallest absolute Gasteiger partial charge is 0.224 e. The van der Waals surface area contributed by atoms with Crippen LogP contribution in [0.2, 0.25) is 0 Å². The molecule has 1 atom stereocenters. The molecule has 1 unspecified atom stereocenters. The zero-order valence-electron chi connectivity index (χ0n) is 6.55. The summed E-state index contributed by atoms with van der Waals surface area (Å²) < 4.78 is 0. The fourth-order valence-corrected chi connectivity index (χ4v) is 1.37. The van der Waals surface area contributed by atoms with Crippen molar-refractivity contribution in [2.24, 2.45) is 5.92 Å². The van der Waals surface area contributed by atoms with Crippen LogP contribution in [-0.4, -0.2) is 18.6 Å². The summed E-state index contributed by atoms with van der Waals surface area (Å²) in [7, 11) is 0. The Kier molecular flexibility index (Phi) is 1.82. The summed E-state index contributed by atoms with van der Waals surface area (Å²) in [5.74, 6) is 0.548. The van der Waals surface area contributed by atoms with Crippen LogP contribution in [0.5, 0.6) is 0 Å². The maximum atomic E-state index is 11.2. The number of hydrogen-bond donors (Lipinski definition) is 1. The Hall–Kier alpha value is -0.570. The second-order valence-corrected chi connectivity index (χ2v) is 3.35. The monoisotopic (exact) mass is 153 g/mol. The number of carbonyl (C=O) groups is 1. The lowest BCUT2D eigenvalue weighted by Crippen LogP contribution is -2.38. The second-order valence-electron chi connectivity index (χ2n) is 3.35. The zero-order valence-corrected chi connectivity index (χ0v) is 6.55. The van der Waals surface area contributed by atoms with Gasteiger partial charge in [0, 0.05) is 12.5 Å². The van der Waals surface area contributed by atoms with Crippen molar-refractivity contribution in [3.05, 3.63) is 0 Å². The normalized spacial score (nSPS) is 30.4. The largest absolute Gasteiger partial charge is 0.339 e. The Morgan fingerprint density at radius 2 is 2.18 bits per heavy atom. The van der Waals surface area contributed by atoms with E-state index in [1.165, 1.54) is 0 Å². The molecule has 1 heterocycles. The minimum atomic E-state index is 0.142. The lowest BCUT2D eigenvalue weighted by atomic mass is 10.3. The predicted octanol–water partition coefficient (Wildman–Crippen LogP) is 0.237. The summed E-state index contributed by atoms with van der Waals surface area (Å²) in [4.78, 5) is 11.2. The van der Waals surface area contributed by atoms with Crippen LogP contribution < -0.4 is 10.6 Å². The first-order chi connectivity index (χ1) is 5.36. The van der Waals surface area contributed by atoms with E-state index in [0.29, 0.717) is 5.92 Å². The van der Waals surface area contributed by atoms with E-state index in [9.17, 15) is 4.79 Å². The molecule has 61 valence electrons. The molecule has 0 spiro atoms. The van der Waals surface area contributed by atoms with Gasteiger partial charge in [-0.1, -0.05) is 0 Å². The Balaban J connectivity index is 1.74. The highest BCUT2D eigenvalue weighted by Crippen LogP contribution is 2.29. The molecule has 1 aliphatic heterocycles. The van der Waals surface area contributed by atoms with Crippen molar-refractivity contribution in [1.82, 2.24) is 10.6 Å². The van der Waals surface area contributed by atoms with E-state index in [1.54, 1.807) is 0 Å². The van der Waals surface area contributed by atoms with Gasteiger partial charge < -0.3 is 5.32 Å². The molecule has 1 saturated carbocycles. The van der Waals surface area contributed by atoms with Crippen molar-refractivity contribution < 1.29 is 4.79 Å². The Morgan fingerprint density at radius 1 is 1.36 bits per heavy atom. The summed E-state index contributed by atoms with van der Waals surface area (Å²) in [5, 5.41) is 7.19. The van der Waals surface area contributed by atoms with Gasteiger partial charge in [-0.15, -0.1) is 0 Å². The molecular formula is C8H13N2O. The van der Waals surface area contributed by atoms with Crippen LogP contribution >= 0.6 is 0 Å². The summed E-state index contributed by atoms with van der Waals surface area (Å²) >= 11 is 0. The number of nitrogens with one attached hydrogen (secondary N) is 1. The van der Waals surface area contributed by atoms with Crippen molar-refractivity contribution >= 4 is 5.91 Å². The second kappa shape index (κ2) is 2.81. The molecule has 2 aliphatic rings. The quantitative estimate of drug-likeness (QED) is 0.606. The Bertz CT molecular complexity index is 159. The topological polar surface area (TPSA) is 43.2 Å². The van der Waals surface area contributed by atoms with Crippen molar-refractivity contribution in [2.75, 3.05) is 6.54 Å². The van der Waals surface area contributed by atoms with Crippen molar-refractivity contribution in [2.45, 2.75) is 31.8 Å². The molecule has 2 rings (SSSR count). The Labute approximate surface area is 66.5 Å². The average molecular weight is 153 g/mol. The highest BCUT2D eigenvalue weighted by atomic mass is 16.2. The molecular weight excluding hydrogens is 140 g/mol. The summed E-state index contributed by atoms with van der Waals surface area (Å²) in [6, 6.07) is 0. The van der Waals surface area contributed by atoms with Crippen LogP contribution in [0.3, 0.4) is 0 Å². The standard InChI is InChI=1S/C8H13N2O/c11-8(6-3-4-6)10-7-2-1-5-9-7/h6-7H,1-5H2,(H,10,11). The third-order valence-electron chi connectivity index (χ3n) is 2.24. The van der Waals surface area contributed by atoms with Gasteiger partial charge >= 0.3 is 0 Å². The van der Waals surface area contributed by atoms with Crippen LogP contribution in [0.1, 0.15) is 25.7 Å². The van der Waals surface area contributed by atoms with Crippen molar-refractivity contribution in [3.8, 4) is 0 Å². The van der Waals surface area contributed by atoms with Gasteiger partial charge in [0.25, 0.3) is 0 Å². The third kappa shape index (κ3) is 1.71. The SMILES string of the molecule is O=C(NC1CCC[N]1)C1CC1. The molecule has 11 heavy (non-hydrogen) atoms. The number of rotatable bonds is 2. The first kappa shape index (κ1) is 7.10. The molecule has 1 N–H and O–H groups in total. The molecule has 1 amide bonds. The van der Waals surface area contributed by atoms with Crippen LogP contribution in [0.25, 0.3) is 0 Å². The lowest BCUT2D eigenvalue weighted by molar-refractivity contribution is -0.123. The number of hydrogen-bond acceptors (Lipinski definition) is 1. The molecule has 3 nitrogen and oxygen atoms in total. The fraction of sp³-hybridized carbons (Fsp3) is 0.875. The van der Waals surface area contributed by atoms with Gasteiger partial charge in [0.05, 0.1) is 6.17 Å². The first-order valence-electron chi connectivity index (χ1n) is 4.33. The van der Waals surface area contributed by atoms with Crippen LogP contribution in [-0.2, 0) is 4.79 Å². The third-order valence-corrected chi connectivity index (χ3v) is 2.24. The van der Waals surface area contributed by atoms with Gasteiger partial charge in [-0.05, 0) is 25.7 Å². The highest BCUT2D eigenvalue weighted by molar-refractivity contribution is 5.81. The number of nitrogens with zero attached hydrogens (tertiary/aromatic N) is 1. The van der Waals surface area contributed by atoms with Gasteiger partial charge in [-0.2, -0.15) is 0 Å². The van der Waals surface area contributed by atoms with E-state index in [2.05, 4.69) is 10.6 Å². The molecule has 1 saturated heterocycles. The van der Waals surface area contributed by atoms with E-state index in [1.807, 2.05) is 0 Å². The number of amides is 1. The fourth-order valence-electron chi connectivity index (χ4n) is 1.37. The van der Waals surface area contributed by atoms with Crippen LogP contribution in [0.15, 0.2) is 0 Å². The van der Waals surface area contributed by atoms with Crippen molar-refractivity contribution in [1.29, 1.82) is 0 Å². The summed E-state index contributed by atoms with van der Waals surface area (Å²) in [6.45, 7) is 0.926. The van der Waals surface area contributed by atoms with Crippen LogP contribution in [0, 0.1) is 5.92 Å². The van der Waals surface area contributed by atoms with Gasteiger partial charge in [0.15, 0.2) is 0 Å². The number of carbonyl (C=O) groups excluding carboxylic acids is 1. The minimum absolute atomic E-state index is 0.142. The average Bonchev–Trinajstić information content (AvgIpc) is 2.73. The van der Waals surface area contributed by atoms with Gasteiger partial charge in [-0.25, -0.2) is 5.32 Å². The molecule has 0 aromatic rings. The maximum Gasteiger partial charge on any atom is 0.224 e. The molecule has 3 heteroatoms. The highest BCUT2D eigenvalue weighted by Gasteiger charge is 2.31. The molecule has 2 fully saturated rings. The molecule has 1 radical (unpaired) electrons. The van der Waals surface area contributed by atoms with Gasteiger partial charge in [0.2, 0.25) is 5.91 Å². The van der Waals surface area contributed by atoms with E-state index < -0.39 is 0 Å². The summed E-state index contributed by atoms with van der Waals surface area (Å²) in [6.07, 6.45) is 4.48. The first-order valence-corrected chi connectivity index (χ1v) is 4.33. The molecule has 0 aromatic heterocycles. The maximum absolute atomic E-state index is 11.2. The molecule has 1 aliphatic carbocycles. The Morgan fingerprint density at radius 3 is 2.73 bits per heavy atom. The van der Waals surface area contributed by atoms with Crippen molar-refractivity contribution in [3.63, 3.8) is 0 Å². The van der Waals surface area contributed by atoms with E-state index in [0.717, 1.165) is 32.2 Å². The zero-order chi connectivity index (χ0) is 7.68. The van der Waals surface area contributed by atoms with E-state index in [4.69, 9.17) is 0 Å². The minimum Gasteiger partial charge on any atom is -0.339 e. The van der Waals surface area contributed by atoms with Crippen LogP contribution in [0.4, 0.5) is 0 Å². The van der Waals surface area contributed by atoms with Gasteiger partial charge in [-0.3, -0.25) is 4.79 Å². The summed E-state index contributed by atoms with van der Waals surface area (Å²) in [5.41, 5.74) is 0. The lowest BCUT2D eigenvalue weighted by Gasteiger charge is -2.09.